The molecule has 0 aromatic heterocycles. The maximum absolute atomic E-state index is 12.8. The normalized spacial score (nSPS) is 12.6. The first-order valence-corrected chi connectivity index (χ1v) is 7.76. The molecule has 120 valence electrons. The van der Waals surface area contributed by atoms with Crippen molar-refractivity contribution in [2.75, 3.05) is 18.5 Å². The molecule has 0 heterocycles. The van der Waals surface area contributed by atoms with Gasteiger partial charge in [-0.1, -0.05) is 6.07 Å². The van der Waals surface area contributed by atoms with Crippen LogP contribution in [0, 0.1) is 5.82 Å². The van der Waals surface area contributed by atoms with Crippen LogP contribution in [0.3, 0.4) is 0 Å². The SMILES string of the molecule is O=C(NCCOc1ccc2c(c1)CCC2)Nc1ccc(F)cc1. The fourth-order valence-corrected chi connectivity index (χ4v) is 2.68. The lowest BCUT2D eigenvalue weighted by molar-refractivity contribution is 0.247. The molecule has 1 aliphatic rings. The van der Waals surface area contributed by atoms with Crippen molar-refractivity contribution < 1.29 is 13.9 Å². The van der Waals surface area contributed by atoms with E-state index in [2.05, 4.69) is 22.8 Å². The summed E-state index contributed by atoms with van der Waals surface area (Å²) in [5.41, 5.74) is 3.32. The van der Waals surface area contributed by atoms with Gasteiger partial charge >= 0.3 is 6.03 Å². The molecule has 0 aliphatic heterocycles. The zero-order chi connectivity index (χ0) is 16.1. The molecular formula is C18H19FN2O2. The Hall–Kier alpha value is -2.56. The number of hydrogen-bond donors (Lipinski definition) is 2. The van der Waals surface area contributed by atoms with Gasteiger partial charge in [0.2, 0.25) is 0 Å². The van der Waals surface area contributed by atoms with Crippen LogP contribution in [0.5, 0.6) is 5.75 Å². The van der Waals surface area contributed by atoms with Gasteiger partial charge in [0.25, 0.3) is 0 Å². The lowest BCUT2D eigenvalue weighted by Gasteiger charge is -2.10. The average molecular weight is 314 g/mol. The van der Waals surface area contributed by atoms with E-state index < -0.39 is 0 Å². The number of halogens is 1. The minimum atomic E-state index is -0.339. The Bertz CT molecular complexity index is 686. The first-order chi connectivity index (χ1) is 11.2. The van der Waals surface area contributed by atoms with Crippen LogP contribution in [0.4, 0.5) is 14.9 Å². The molecule has 2 amide bonds. The van der Waals surface area contributed by atoms with Gasteiger partial charge in [-0.3, -0.25) is 0 Å². The number of fused-ring (bicyclic) bond motifs is 1. The van der Waals surface area contributed by atoms with Crippen molar-refractivity contribution in [1.82, 2.24) is 5.32 Å². The fourth-order valence-electron chi connectivity index (χ4n) is 2.68. The standard InChI is InChI=1S/C18H19FN2O2/c19-15-5-7-16(8-6-15)21-18(22)20-10-11-23-17-9-4-13-2-1-3-14(13)12-17/h4-9,12H,1-3,10-11H2,(H2,20,21,22). The van der Waals surface area contributed by atoms with E-state index in [0.717, 1.165) is 18.6 Å². The summed E-state index contributed by atoms with van der Waals surface area (Å²) >= 11 is 0. The quantitative estimate of drug-likeness (QED) is 0.830. The molecule has 0 saturated heterocycles. The molecule has 1 aliphatic carbocycles. The second-order valence-electron chi connectivity index (χ2n) is 5.52. The number of aryl methyl sites for hydroxylation is 2. The van der Waals surface area contributed by atoms with Crippen molar-refractivity contribution in [3.63, 3.8) is 0 Å². The monoisotopic (exact) mass is 314 g/mol. The second-order valence-corrected chi connectivity index (χ2v) is 5.52. The van der Waals surface area contributed by atoms with Crippen LogP contribution in [0.25, 0.3) is 0 Å². The van der Waals surface area contributed by atoms with Crippen molar-refractivity contribution >= 4 is 11.7 Å². The van der Waals surface area contributed by atoms with Gasteiger partial charge in [-0.05, 0) is 66.8 Å². The third-order valence-electron chi connectivity index (χ3n) is 3.83. The highest BCUT2D eigenvalue weighted by Crippen LogP contribution is 2.25. The number of nitrogens with one attached hydrogen (secondary N) is 2. The zero-order valence-corrected chi connectivity index (χ0v) is 12.8. The largest absolute Gasteiger partial charge is 0.492 e. The third-order valence-corrected chi connectivity index (χ3v) is 3.83. The first-order valence-electron chi connectivity index (χ1n) is 7.76. The number of hydrogen-bond acceptors (Lipinski definition) is 2. The summed E-state index contributed by atoms with van der Waals surface area (Å²) in [6.07, 6.45) is 3.48. The number of rotatable bonds is 5. The van der Waals surface area contributed by atoms with Gasteiger partial charge in [-0.15, -0.1) is 0 Å². The highest BCUT2D eigenvalue weighted by Gasteiger charge is 2.11. The van der Waals surface area contributed by atoms with E-state index in [-0.39, 0.29) is 11.8 Å². The molecule has 0 radical (unpaired) electrons. The highest BCUT2D eigenvalue weighted by atomic mass is 19.1. The van der Waals surface area contributed by atoms with E-state index in [1.807, 2.05) is 6.07 Å². The average Bonchev–Trinajstić information content (AvgIpc) is 3.01. The van der Waals surface area contributed by atoms with Gasteiger partial charge in [0.05, 0.1) is 6.54 Å². The van der Waals surface area contributed by atoms with Gasteiger partial charge in [0, 0.05) is 5.69 Å². The maximum atomic E-state index is 12.8. The Morgan fingerprint density at radius 1 is 1.09 bits per heavy atom. The van der Waals surface area contributed by atoms with Gasteiger partial charge < -0.3 is 15.4 Å². The molecule has 2 aromatic rings. The minimum absolute atomic E-state index is 0.335. The van der Waals surface area contributed by atoms with Crippen molar-refractivity contribution in [2.45, 2.75) is 19.3 Å². The molecule has 23 heavy (non-hydrogen) atoms. The van der Waals surface area contributed by atoms with Gasteiger partial charge in [0.15, 0.2) is 0 Å². The van der Waals surface area contributed by atoms with Crippen molar-refractivity contribution in [3.05, 3.63) is 59.4 Å². The molecule has 2 N–H and O–H groups in total. The molecular weight excluding hydrogens is 295 g/mol. The van der Waals surface area contributed by atoms with Gasteiger partial charge in [-0.25, -0.2) is 9.18 Å². The Kier molecular flexibility index (Phi) is 4.76. The van der Waals surface area contributed by atoms with Crippen LogP contribution in [0.15, 0.2) is 42.5 Å². The topological polar surface area (TPSA) is 50.4 Å². The Morgan fingerprint density at radius 2 is 1.87 bits per heavy atom. The smallest absolute Gasteiger partial charge is 0.319 e. The summed E-state index contributed by atoms with van der Waals surface area (Å²) in [5.74, 6) is 0.505. The molecule has 0 atom stereocenters. The first kappa shape index (κ1) is 15.3. The Labute approximate surface area is 134 Å². The van der Waals surface area contributed by atoms with Gasteiger partial charge in [-0.2, -0.15) is 0 Å². The van der Waals surface area contributed by atoms with Crippen LogP contribution >= 0.6 is 0 Å². The lowest BCUT2D eigenvalue weighted by atomic mass is 10.1. The van der Waals surface area contributed by atoms with E-state index >= 15 is 0 Å². The van der Waals surface area contributed by atoms with Crippen LogP contribution in [0.1, 0.15) is 17.5 Å². The summed E-state index contributed by atoms with van der Waals surface area (Å²) in [7, 11) is 0. The van der Waals surface area contributed by atoms with E-state index in [9.17, 15) is 9.18 Å². The number of anilines is 1. The van der Waals surface area contributed by atoms with Crippen molar-refractivity contribution in [2.24, 2.45) is 0 Å². The third kappa shape index (κ3) is 4.22. The molecule has 4 nitrogen and oxygen atoms in total. The van der Waals surface area contributed by atoms with Crippen LogP contribution in [-0.4, -0.2) is 19.2 Å². The van der Waals surface area contributed by atoms with E-state index in [1.54, 1.807) is 0 Å². The molecule has 5 heteroatoms. The van der Waals surface area contributed by atoms with E-state index in [4.69, 9.17) is 4.74 Å². The highest BCUT2D eigenvalue weighted by molar-refractivity contribution is 5.89. The fraction of sp³-hybridized carbons (Fsp3) is 0.278. The lowest BCUT2D eigenvalue weighted by Crippen LogP contribution is -2.32. The van der Waals surface area contributed by atoms with E-state index in [0.29, 0.717) is 18.8 Å². The van der Waals surface area contributed by atoms with Crippen LogP contribution in [0.2, 0.25) is 0 Å². The zero-order valence-electron chi connectivity index (χ0n) is 12.8. The van der Waals surface area contributed by atoms with Crippen LogP contribution in [-0.2, 0) is 12.8 Å². The predicted molar refractivity (Wildman–Crippen MR) is 87.4 cm³/mol. The van der Waals surface area contributed by atoms with Crippen molar-refractivity contribution in [1.29, 1.82) is 0 Å². The number of benzene rings is 2. The van der Waals surface area contributed by atoms with Crippen molar-refractivity contribution in [3.8, 4) is 5.75 Å². The molecule has 2 aromatic carbocycles. The van der Waals surface area contributed by atoms with E-state index in [1.165, 1.54) is 41.8 Å². The summed E-state index contributed by atoms with van der Waals surface area (Å²) in [5, 5.41) is 5.33. The summed E-state index contributed by atoms with van der Waals surface area (Å²) in [6.45, 7) is 0.791. The molecule has 0 saturated carbocycles. The number of urea groups is 1. The minimum Gasteiger partial charge on any atom is -0.492 e. The Morgan fingerprint density at radius 3 is 2.70 bits per heavy atom. The molecule has 0 spiro atoms. The summed E-state index contributed by atoms with van der Waals surface area (Å²) in [4.78, 5) is 11.7. The number of ether oxygens (including phenoxy) is 1. The van der Waals surface area contributed by atoms with Crippen LogP contribution < -0.4 is 15.4 Å². The summed E-state index contributed by atoms with van der Waals surface area (Å²) < 4.78 is 18.4. The summed E-state index contributed by atoms with van der Waals surface area (Å²) in [6, 6.07) is 11.5. The second kappa shape index (κ2) is 7.13. The predicted octanol–water partition coefficient (Wildman–Crippen LogP) is 3.51. The molecule has 0 unspecified atom stereocenters. The molecule has 3 rings (SSSR count). The number of carbonyl (C=O) groups excluding carboxylic acids is 1. The Balaban J connectivity index is 1.39. The number of amides is 2. The number of carbonyl (C=O) groups is 1. The maximum Gasteiger partial charge on any atom is 0.319 e. The molecule has 0 fully saturated rings. The van der Waals surface area contributed by atoms with Gasteiger partial charge in [0.1, 0.15) is 18.2 Å². The molecule has 0 bridgehead atoms.